The highest BCUT2D eigenvalue weighted by molar-refractivity contribution is 8.01. The first-order valence-electron chi connectivity index (χ1n) is 8.80. The fourth-order valence-electron chi connectivity index (χ4n) is 3.56. The molecule has 26 heavy (non-hydrogen) atoms. The fourth-order valence-corrected chi connectivity index (χ4v) is 5.11. The molecule has 2 aliphatic rings. The number of ether oxygens (including phenoxy) is 1. The predicted octanol–water partition coefficient (Wildman–Crippen LogP) is 3.07. The molecule has 6 heteroatoms. The van der Waals surface area contributed by atoms with Crippen molar-refractivity contribution in [2.45, 2.75) is 30.3 Å². The van der Waals surface area contributed by atoms with Crippen molar-refractivity contribution < 1.29 is 13.9 Å². The molecule has 0 N–H and O–H groups in total. The number of hydrogen-bond donors (Lipinski definition) is 0. The maximum Gasteiger partial charge on any atom is 0.227 e. The molecule has 2 fully saturated rings. The predicted molar refractivity (Wildman–Crippen MR) is 99.3 cm³/mol. The van der Waals surface area contributed by atoms with Crippen LogP contribution in [0.3, 0.4) is 0 Å². The lowest BCUT2D eigenvalue weighted by Gasteiger charge is -2.47. The molecule has 0 radical (unpaired) electrons. The SMILES string of the molecule is O=C(Cc1ccccc1F)N1CC2(C[C@H](OCc3ccccn3)CS2)C1. The van der Waals surface area contributed by atoms with Crippen molar-refractivity contribution >= 4 is 17.7 Å². The van der Waals surface area contributed by atoms with Crippen molar-refractivity contribution in [1.82, 2.24) is 9.88 Å². The molecule has 0 unspecified atom stereocenters. The van der Waals surface area contributed by atoms with E-state index in [1.165, 1.54) is 6.07 Å². The van der Waals surface area contributed by atoms with Crippen LogP contribution in [0.5, 0.6) is 0 Å². The average molecular weight is 372 g/mol. The van der Waals surface area contributed by atoms with E-state index in [0.717, 1.165) is 31.0 Å². The smallest absolute Gasteiger partial charge is 0.227 e. The molecule has 2 aliphatic heterocycles. The van der Waals surface area contributed by atoms with Gasteiger partial charge in [-0.15, -0.1) is 11.8 Å². The molecule has 2 saturated heterocycles. The molecule has 0 saturated carbocycles. The van der Waals surface area contributed by atoms with Crippen LogP contribution in [-0.2, 0) is 22.6 Å². The molecule has 1 aromatic heterocycles. The molecule has 1 spiro atoms. The Morgan fingerprint density at radius 1 is 1.27 bits per heavy atom. The Hall–Kier alpha value is -1.92. The van der Waals surface area contributed by atoms with Gasteiger partial charge in [0.2, 0.25) is 5.91 Å². The normalized spacial score (nSPS) is 21.0. The van der Waals surface area contributed by atoms with Gasteiger partial charge in [-0.2, -0.15) is 0 Å². The topological polar surface area (TPSA) is 42.4 Å². The number of nitrogens with zero attached hydrogens (tertiary/aromatic N) is 2. The van der Waals surface area contributed by atoms with Gasteiger partial charge in [-0.25, -0.2) is 4.39 Å². The van der Waals surface area contributed by atoms with Gasteiger partial charge in [-0.3, -0.25) is 9.78 Å². The summed E-state index contributed by atoms with van der Waals surface area (Å²) < 4.78 is 19.8. The first kappa shape index (κ1) is 17.5. The number of benzene rings is 1. The molecule has 4 nitrogen and oxygen atoms in total. The zero-order valence-electron chi connectivity index (χ0n) is 14.4. The number of hydrogen-bond acceptors (Lipinski definition) is 4. The Labute approximate surface area is 156 Å². The molecule has 1 amide bonds. The molecule has 4 rings (SSSR count). The molecule has 136 valence electrons. The molecule has 0 bridgehead atoms. The van der Waals surface area contributed by atoms with Gasteiger partial charge in [0.25, 0.3) is 0 Å². The zero-order valence-corrected chi connectivity index (χ0v) is 15.3. The lowest BCUT2D eigenvalue weighted by Crippen LogP contribution is -2.61. The van der Waals surface area contributed by atoms with E-state index in [2.05, 4.69) is 4.98 Å². The number of carbonyl (C=O) groups excluding carboxylic acids is 1. The van der Waals surface area contributed by atoms with Crippen molar-refractivity contribution in [3.8, 4) is 0 Å². The molecule has 0 aliphatic carbocycles. The third kappa shape index (κ3) is 3.76. The molecule has 2 aromatic rings. The third-order valence-corrected chi connectivity index (χ3v) is 6.55. The van der Waals surface area contributed by atoms with Gasteiger partial charge in [-0.05, 0) is 30.2 Å². The minimum absolute atomic E-state index is 0.000760. The summed E-state index contributed by atoms with van der Waals surface area (Å²) in [4.78, 5) is 18.5. The van der Waals surface area contributed by atoms with E-state index in [1.807, 2.05) is 34.9 Å². The number of likely N-dealkylation sites (tertiary alicyclic amines) is 1. The highest BCUT2D eigenvalue weighted by Crippen LogP contribution is 2.46. The van der Waals surface area contributed by atoms with Crippen molar-refractivity contribution in [3.05, 3.63) is 65.7 Å². The fraction of sp³-hybridized carbons (Fsp3) is 0.400. The molecular formula is C20H21FN2O2S. The van der Waals surface area contributed by atoms with Gasteiger partial charge >= 0.3 is 0 Å². The summed E-state index contributed by atoms with van der Waals surface area (Å²) in [7, 11) is 0. The van der Waals surface area contributed by atoms with E-state index in [-0.39, 0.29) is 29.0 Å². The summed E-state index contributed by atoms with van der Waals surface area (Å²) in [6.07, 6.45) is 3.06. The van der Waals surface area contributed by atoms with Gasteiger partial charge < -0.3 is 9.64 Å². The summed E-state index contributed by atoms with van der Waals surface area (Å²) >= 11 is 1.89. The minimum atomic E-state index is -0.311. The number of pyridine rings is 1. The summed E-state index contributed by atoms with van der Waals surface area (Å²) in [6, 6.07) is 12.3. The zero-order chi connectivity index (χ0) is 18.0. The first-order valence-corrected chi connectivity index (χ1v) is 9.79. The Balaban J connectivity index is 1.25. The van der Waals surface area contributed by atoms with Crippen LogP contribution in [0.2, 0.25) is 0 Å². The number of rotatable bonds is 5. The van der Waals surface area contributed by atoms with E-state index in [4.69, 9.17) is 4.74 Å². The second-order valence-electron chi connectivity index (χ2n) is 6.97. The lowest BCUT2D eigenvalue weighted by molar-refractivity contribution is -0.136. The second-order valence-corrected chi connectivity index (χ2v) is 8.46. The highest BCUT2D eigenvalue weighted by atomic mass is 32.2. The van der Waals surface area contributed by atoms with Gasteiger partial charge in [-0.1, -0.05) is 24.3 Å². The molecule has 1 aromatic carbocycles. The van der Waals surface area contributed by atoms with Crippen molar-refractivity contribution in [2.24, 2.45) is 0 Å². The maximum atomic E-state index is 13.7. The van der Waals surface area contributed by atoms with Crippen LogP contribution in [0, 0.1) is 5.82 Å². The van der Waals surface area contributed by atoms with Crippen LogP contribution in [0.15, 0.2) is 48.7 Å². The summed E-state index contributed by atoms with van der Waals surface area (Å²) in [6.45, 7) is 1.99. The Bertz CT molecular complexity index is 780. The van der Waals surface area contributed by atoms with E-state index in [1.54, 1.807) is 24.4 Å². The standard InChI is InChI=1S/C20H21FN2O2S/c21-18-7-2-1-5-15(18)9-19(24)23-13-20(14-23)10-17(12-26-20)25-11-16-6-3-4-8-22-16/h1-8,17H,9-14H2/t17-/m0/s1. The highest BCUT2D eigenvalue weighted by Gasteiger charge is 2.50. The number of halogens is 1. The van der Waals surface area contributed by atoms with Crippen LogP contribution in [0.1, 0.15) is 17.7 Å². The Morgan fingerprint density at radius 2 is 2.08 bits per heavy atom. The van der Waals surface area contributed by atoms with Crippen LogP contribution >= 0.6 is 11.8 Å². The quantitative estimate of drug-likeness (QED) is 0.809. The lowest BCUT2D eigenvalue weighted by atomic mass is 9.92. The van der Waals surface area contributed by atoms with Gasteiger partial charge in [0.15, 0.2) is 0 Å². The average Bonchev–Trinajstić information content (AvgIpc) is 3.06. The van der Waals surface area contributed by atoms with Crippen LogP contribution in [0.4, 0.5) is 4.39 Å². The van der Waals surface area contributed by atoms with Crippen molar-refractivity contribution in [2.75, 3.05) is 18.8 Å². The number of thioether (sulfide) groups is 1. The molecule has 1 atom stereocenters. The maximum absolute atomic E-state index is 13.7. The van der Waals surface area contributed by atoms with Crippen LogP contribution in [-0.4, -0.2) is 45.5 Å². The van der Waals surface area contributed by atoms with E-state index in [9.17, 15) is 9.18 Å². The Morgan fingerprint density at radius 3 is 2.85 bits per heavy atom. The number of amides is 1. The van der Waals surface area contributed by atoms with Crippen molar-refractivity contribution in [3.63, 3.8) is 0 Å². The van der Waals surface area contributed by atoms with Gasteiger partial charge in [0, 0.05) is 25.0 Å². The Kier molecular flexibility index (Phi) is 4.96. The summed E-state index contributed by atoms with van der Waals surface area (Å²) in [5.41, 5.74) is 1.41. The summed E-state index contributed by atoms with van der Waals surface area (Å²) in [5.74, 6) is 0.635. The van der Waals surface area contributed by atoms with E-state index < -0.39 is 0 Å². The van der Waals surface area contributed by atoms with Gasteiger partial charge in [0.1, 0.15) is 5.82 Å². The second kappa shape index (κ2) is 7.37. The largest absolute Gasteiger partial charge is 0.371 e. The summed E-state index contributed by atoms with van der Waals surface area (Å²) in [5, 5.41) is 0. The number of aromatic nitrogens is 1. The monoisotopic (exact) mass is 372 g/mol. The van der Waals surface area contributed by atoms with Crippen LogP contribution < -0.4 is 0 Å². The molecule has 3 heterocycles. The first-order chi connectivity index (χ1) is 12.6. The minimum Gasteiger partial charge on any atom is -0.371 e. The van der Waals surface area contributed by atoms with E-state index >= 15 is 0 Å². The van der Waals surface area contributed by atoms with Gasteiger partial charge in [0.05, 0.1) is 29.6 Å². The number of carbonyl (C=O) groups is 1. The third-order valence-electron chi connectivity index (χ3n) is 4.98. The van der Waals surface area contributed by atoms with Crippen LogP contribution in [0.25, 0.3) is 0 Å². The molecular weight excluding hydrogens is 351 g/mol. The van der Waals surface area contributed by atoms with E-state index in [0.29, 0.717) is 12.2 Å². The van der Waals surface area contributed by atoms with Crippen molar-refractivity contribution in [1.29, 1.82) is 0 Å².